The van der Waals surface area contributed by atoms with Gasteiger partial charge in [-0.2, -0.15) is 0 Å². The first-order chi connectivity index (χ1) is 8.12. The van der Waals surface area contributed by atoms with E-state index < -0.39 is 11.5 Å². The number of piperidine rings is 1. The van der Waals surface area contributed by atoms with Crippen molar-refractivity contribution in [3.63, 3.8) is 0 Å². The number of hydrogen-bond acceptors (Lipinski definition) is 3. The molecule has 3 N–H and O–H groups in total. The fourth-order valence-electron chi connectivity index (χ4n) is 2.06. The minimum Gasteiger partial charge on any atom is -0.480 e. The molecule has 2 rings (SSSR count). The summed E-state index contributed by atoms with van der Waals surface area (Å²) in [5, 5.41) is 16.3. The molecule has 1 saturated heterocycles. The van der Waals surface area contributed by atoms with E-state index in [0.29, 0.717) is 31.0 Å². The van der Waals surface area contributed by atoms with Crippen LogP contribution in [-0.2, 0) is 4.79 Å². The van der Waals surface area contributed by atoms with Crippen molar-refractivity contribution < 1.29 is 9.90 Å². The lowest BCUT2D eigenvalue weighted by molar-refractivity contribution is -0.143. The van der Waals surface area contributed by atoms with Crippen LogP contribution in [0, 0.1) is 0 Å². The summed E-state index contributed by atoms with van der Waals surface area (Å²) in [6.45, 7) is 1.43. The van der Waals surface area contributed by atoms with Gasteiger partial charge in [0.25, 0.3) is 0 Å². The van der Waals surface area contributed by atoms with Gasteiger partial charge in [-0.25, -0.2) is 4.79 Å². The van der Waals surface area contributed by atoms with Crippen molar-refractivity contribution in [2.24, 2.45) is 0 Å². The Balaban J connectivity index is 2.17. The number of hydrogen-bond donors (Lipinski definition) is 3. The Bertz CT molecular complexity index is 399. The zero-order valence-electron chi connectivity index (χ0n) is 9.37. The summed E-state index contributed by atoms with van der Waals surface area (Å²) in [5.74, 6) is -0.797. The van der Waals surface area contributed by atoms with Crippen LogP contribution >= 0.6 is 11.6 Å². The molecule has 4 nitrogen and oxygen atoms in total. The van der Waals surface area contributed by atoms with Crippen LogP contribution in [0.25, 0.3) is 0 Å². The molecule has 0 bridgehead atoms. The normalized spacial score (nSPS) is 18.6. The third-order valence-electron chi connectivity index (χ3n) is 3.09. The predicted molar refractivity (Wildman–Crippen MR) is 67.5 cm³/mol. The molecule has 1 aromatic rings. The molecule has 92 valence electrons. The van der Waals surface area contributed by atoms with Crippen molar-refractivity contribution in [1.29, 1.82) is 0 Å². The van der Waals surface area contributed by atoms with E-state index in [2.05, 4.69) is 10.6 Å². The first-order valence-corrected chi connectivity index (χ1v) is 5.98. The van der Waals surface area contributed by atoms with Crippen molar-refractivity contribution in [3.8, 4) is 0 Å². The quantitative estimate of drug-likeness (QED) is 0.772. The summed E-state index contributed by atoms with van der Waals surface area (Å²) < 4.78 is 0. The van der Waals surface area contributed by atoms with Crippen molar-refractivity contribution >= 4 is 23.3 Å². The fraction of sp³-hybridized carbons (Fsp3) is 0.417. The molecule has 0 atom stereocenters. The minimum atomic E-state index is -0.862. The summed E-state index contributed by atoms with van der Waals surface area (Å²) in [6.07, 6.45) is 1.15. The van der Waals surface area contributed by atoms with Crippen molar-refractivity contribution in [2.75, 3.05) is 18.4 Å². The second kappa shape index (κ2) is 4.94. The Morgan fingerprint density at radius 2 is 1.88 bits per heavy atom. The molecule has 1 heterocycles. The van der Waals surface area contributed by atoms with Crippen LogP contribution in [0.2, 0.25) is 5.02 Å². The molecular weight excluding hydrogens is 240 g/mol. The van der Waals surface area contributed by atoms with Crippen LogP contribution in [0.15, 0.2) is 24.3 Å². The standard InChI is InChI=1S/C12H15ClN2O2/c13-9-1-3-10(4-2-9)15-12(11(16)17)5-7-14-8-6-12/h1-4,14-15H,5-8H2,(H,16,17). The van der Waals surface area contributed by atoms with E-state index in [1.165, 1.54) is 0 Å². The second-order valence-corrected chi connectivity index (χ2v) is 4.71. The van der Waals surface area contributed by atoms with E-state index in [4.69, 9.17) is 11.6 Å². The molecule has 0 saturated carbocycles. The highest BCUT2D eigenvalue weighted by Gasteiger charge is 2.39. The topological polar surface area (TPSA) is 61.4 Å². The second-order valence-electron chi connectivity index (χ2n) is 4.27. The number of anilines is 1. The maximum absolute atomic E-state index is 11.4. The van der Waals surface area contributed by atoms with Gasteiger partial charge >= 0.3 is 5.97 Å². The molecule has 0 radical (unpaired) electrons. The van der Waals surface area contributed by atoms with Gasteiger partial charge in [0.05, 0.1) is 0 Å². The molecule has 5 heteroatoms. The van der Waals surface area contributed by atoms with Crippen LogP contribution < -0.4 is 10.6 Å². The number of benzene rings is 1. The molecule has 0 aromatic heterocycles. The maximum atomic E-state index is 11.4. The largest absolute Gasteiger partial charge is 0.480 e. The third kappa shape index (κ3) is 2.70. The van der Waals surface area contributed by atoms with Gasteiger partial charge in [-0.1, -0.05) is 11.6 Å². The van der Waals surface area contributed by atoms with Crippen molar-refractivity contribution in [1.82, 2.24) is 5.32 Å². The monoisotopic (exact) mass is 254 g/mol. The van der Waals surface area contributed by atoms with Crippen LogP contribution in [0.1, 0.15) is 12.8 Å². The van der Waals surface area contributed by atoms with Gasteiger partial charge in [-0.05, 0) is 50.2 Å². The Labute approximate surface area is 105 Å². The molecule has 0 spiro atoms. The number of carboxylic acid groups (broad SMARTS) is 1. The molecular formula is C12H15ClN2O2. The van der Waals surface area contributed by atoms with Crippen LogP contribution in [-0.4, -0.2) is 29.7 Å². The van der Waals surface area contributed by atoms with Gasteiger partial charge < -0.3 is 15.7 Å². The molecule has 17 heavy (non-hydrogen) atoms. The fourth-order valence-corrected chi connectivity index (χ4v) is 2.18. The lowest BCUT2D eigenvalue weighted by atomic mass is 9.88. The number of carboxylic acids is 1. The van der Waals surface area contributed by atoms with Gasteiger partial charge in [-0.15, -0.1) is 0 Å². The number of aliphatic carboxylic acids is 1. The van der Waals surface area contributed by atoms with Gasteiger partial charge in [0.1, 0.15) is 5.54 Å². The zero-order valence-corrected chi connectivity index (χ0v) is 10.1. The number of nitrogens with one attached hydrogen (secondary N) is 2. The SMILES string of the molecule is O=C(O)C1(Nc2ccc(Cl)cc2)CCNCC1. The molecule has 1 fully saturated rings. The summed E-state index contributed by atoms with van der Waals surface area (Å²) in [4.78, 5) is 11.4. The van der Waals surface area contributed by atoms with E-state index >= 15 is 0 Å². The minimum absolute atomic E-state index is 0.574. The van der Waals surface area contributed by atoms with Crippen molar-refractivity contribution in [2.45, 2.75) is 18.4 Å². The van der Waals surface area contributed by atoms with Crippen molar-refractivity contribution in [3.05, 3.63) is 29.3 Å². The van der Waals surface area contributed by atoms with Gasteiger partial charge in [0, 0.05) is 10.7 Å². The Morgan fingerprint density at radius 1 is 1.29 bits per heavy atom. The molecule has 1 aliphatic rings. The van der Waals surface area contributed by atoms with E-state index in [0.717, 1.165) is 5.69 Å². The Kier molecular flexibility index (Phi) is 3.54. The maximum Gasteiger partial charge on any atom is 0.329 e. The average Bonchev–Trinajstić information content (AvgIpc) is 2.33. The first kappa shape index (κ1) is 12.2. The molecule has 0 unspecified atom stereocenters. The van der Waals surface area contributed by atoms with Gasteiger partial charge in [-0.3, -0.25) is 0 Å². The number of rotatable bonds is 3. The van der Waals surface area contributed by atoms with Crippen LogP contribution in [0.3, 0.4) is 0 Å². The molecule has 0 amide bonds. The Morgan fingerprint density at radius 3 is 2.41 bits per heavy atom. The molecule has 1 aromatic carbocycles. The van der Waals surface area contributed by atoms with Gasteiger partial charge in [0.2, 0.25) is 0 Å². The highest BCUT2D eigenvalue weighted by atomic mass is 35.5. The number of carbonyl (C=O) groups is 1. The summed E-state index contributed by atoms with van der Waals surface area (Å²) in [7, 11) is 0. The predicted octanol–water partition coefficient (Wildman–Crippen LogP) is 1.96. The van der Waals surface area contributed by atoms with E-state index in [-0.39, 0.29) is 0 Å². The summed E-state index contributed by atoms with van der Waals surface area (Å²) in [5.41, 5.74) is -0.0716. The van der Waals surface area contributed by atoms with E-state index in [9.17, 15) is 9.90 Å². The average molecular weight is 255 g/mol. The third-order valence-corrected chi connectivity index (χ3v) is 3.35. The van der Waals surface area contributed by atoms with Crippen LogP contribution in [0.4, 0.5) is 5.69 Å². The first-order valence-electron chi connectivity index (χ1n) is 5.60. The Hall–Kier alpha value is -1.26. The number of halogens is 1. The van der Waals surface area contributed by atoms with Crippen LogP contribution in [0.5, 0.6) is 0 Å². The van der Waals surface area contributed by atoms with Gasteiger partial charge in [0.15, 0.2) is 0 Å². The lowest BCUT2D eigenvalue weighted by Gasteiger charge is -2.35. The lowest BCUT2D eigenvalue weighted by Crippen LogP contribution is -2.53. The zero-order chi connectivity index (χ0) is 12.3. The molecule has 0 aliphatic carbocycles. The summed E-state index contributed by atoms with van der Waals surface area (Å²) in [6, 6.07) is 7.10. The highest BCUT2D eigenvalue weighted by molar-refractivity contribution is 6.30. The van der Waals surface area contributed by atoms with E-state index in [1.54, 1.807) is 24.3 Å². The highest BCUT2D eigenvalue weighted by Crippen LogP contribution is 2.25. The van der Waals surface area contributed by atoms with E-state index in [1.807, 2.05) is 0 Å². The summed E-state index contributed by atoms with van der Waals surface area (Å²) >= 11 is 5.80. The smallest absolute Gasteiger partial charge is 0.329 e. The molecule has 1 aliphatic heterocycles.